The van der Waals surface area contributed by atoms with Crippen LogP contribution in [0.2, 0.25) is 0 Å². The van der Waals surface area contributed by atoms with Crippen molar-refractivity contribution in [3.8, 4) is 0 Å². The molecule has 1 aliphatic carbocycles. The summed E-state index contributed by atoms with van der Waals surface area (Å²) in [5.41, 5.74) is 6.12. The Morgan fingerprint density at radius 2 is 2.28 bits per heavy atom. The molecule has 9 heteroatoms. The number of nitrogens with zero attached hydrogens (tertiary/aromatic N) is 3. The quantitative estimate of drug-likeness (QED) is 0.636. The number of hydrogen-bond acceptors (Lipinski definition) is 7. The Morgan fingerprint density at radius 1 is 1.50 bits per heavy atom. The molecule has 1 aromatic rings. The first-order valence-corrected chi connectivity index (χ1v) is 6.40. The van der Waals surface area contributed by atoms with Gasteiger partial charge in [0.05, 0.1) is 6.20 Å². The van der Waals surface area contributed by atoms with Crippen LogP contribution in [0.4, 0.5) is 5.82 Å². The van der Waals surface area contributed by atoms with Gasteiger partial charge < -0.3 is 11.1 Å². The highest BCUT2D eigenvalue weighted by Crippen LogP contribution is 2.25. The third-order valence-electron chi connectivity index (χ3n) is 2.41. The zero-order valence-corrected chi connectivity index (χ0v) is 10.0. The summed E-state index contributed by atoms with van der Waals surface area (Å²) in [5.74, 6) is 0.407. The van der Waals surface area contributed by atoms with Crippen LogP contribution in [0.1, 0.15) is 6.42 Å². The van der Waals surface area contributed by atoms with Gasteiger partial charge in [-0.2, -0.15) is 8.42 Å². The van der Waals surface area contributed by atoms with Crippen molar-refractivity contribution in [1.82, 2.24) is 15.4 Å². The molecule has 1 unspecified atom stereocenters. The predicted octanol–water partition coefficient (Wildman–Crippen LogP) is -0.330. The summed E-state index contributed by atoms with van der Waals surface area (Å²) in [4.78, 5) is -1.83. The molecule has 0 aromatic carbocycles. The zero-order valence-electron chi connectivity index (χ0n) is 9.18. The molecule has 0 saturated carbocycles. The Balaban J connectivity index is 2.19. The molecule has 0 fully saturated rings. The normalized spacial score (nSPS) is 23.6. The van der Waals surface area contributed by atoms with Crippen molar-refractivity contribution in [2.24, 2.45) is 5.73 Å². The molecule has 1 aliphatic rings. The molecule has 0 amide bonds. The number of allylic oxidation sites excluding steroid dienone is 2. The van der Waals surface area contributed by atoms with E-state index >= 15 is 0 Å². The molecule has 0 saturated heterocycles. The van der Waals surface area contributed by atoms with Crippen LogP contribution in [0, 0.1) is 0 Å². The first-order chi connectivity index (χ1) is 8.41. The first kappa shape index (κ1) is 12.6. The van der Waals surface area contributed by atoms with Gasteiger partial charge in [-0.25, -0.2) is 0 Å². The molecular formula is C9H11N5O3S. The lowest BCUT2D eigenvalue weighted by Gasteiger charge is -2.26. The third kappa shape index (κ3) is 2.53. The van der Waals surface area contributed by atoms with E-state index < -0.39 is 15.0 Å². The topological polar surface area (TPSA) is 131 Å². The number of nitrogens with one attached hydrogen (secondary N) is 1. The maximum atomic E-state index is 11.2. The third-order valence-corrected chi connectivity index (χ3v) is 3.66. The minimum atomic E-state index is -4.39. The lowest BCUT2D eigenvalue weighted by Crippen LogP contribution is -2.47. The van der Waals surface area contributed by atoms with E-state index in [-0.39, 0.29) is 6.42 Å². The van der Waals surface area contributed by atoms with Crippen molar-refractivity contribution < 1.29 is 13.0 Å². The fourth-order valence-corrected chi connectivity index (χ4v) is 2.07. The van der Waals surface area contributed by atoms with Gasteiger partial charge in [0.15, 0.2) is 10.7 Å². The molecule has 0 bridgehead atoms. The second kappa shape index (κ2) is 4.44. The largest absolute Gasteiger partial charge is 0.342 e. The molecule has 18 heavy (non-hydrogen) atoms. The second-order valence-corrected chi connectivity index (χ2v) is 5.50. The standard InChI is InChI=1S/C9H11N5O3S/c10-9(18(15,16)17)4-1-2-7(6-9)12-8-3-5-11-14-13-8/h1-5H,6,10H2,(H,11,12,13)(H,15,16,17). The maximum absolute atomic E-state index is 11.2. The SMILES string of the molecule is NC1(S(=O)(=O)O)C=CC=C(Nc2ccnnn2)C1. The molecule has 1 heterocycles. The molecule has 96 valence electrons. The Bertz CT molecular complexity index is 598. The van der Waals surface area contributed by atoms with Crippen LogP contribution >= 0.6 is 0 Å². The van der Waals surface area contributed by atoms with E-state index in [0.29, 0.717) is 11.5 Å². The van der Waals surface area contributed by atoms with E-state index in [2.05, 4.69) is 20.7 Å². The number of nitrogens with two attached hydrogens (primary N) is 1. The molecule has 1 atom stereocenters. The molecule has 4 N–H and O–H groups in total. The highest BCUT2D eigenvalue weighted by atomic mass is 32.2. The molecule has 0 radical (unpaired) electrons. The number of rotatable bonds is 3. The van der Waals surface area contributed by atoms with Gasteiger partial charge in [-0.05, 0) is 17.4 Å². The van der Waals surface area contributed by atoms with Crippen molar-refractivity contribution in [3.05, 3.63) is 36.2 Å². The highest BCUT2D eigenvalue weighted by molar-refractivity contribution is 7.87. The van der Waals surface area contributed by atoms with Crippen molar-refractivity contribution in [3.63, 3.8) is 0 Å². The van der Waals surface area contributed by atoms with Crippen molar-refractivity contribution >= 4 is 15.9 Å². The van der Waals surface area contributed by atoms with E-state index in [1.54, 1.807) is 12.1 Å². The van der Waals surface area contributed by atoms with Gasteiger partial charge in [0.1, 0.15) is 0 Å². The smallest absolute Gasteiger partial charge is 0.287 e. The maximum Gasteiger partial charge on any atom is 0.287 e. The number of anilines is 1. The van der Waals surface area contributed by atoms with E-state index in [4.69, 9.17) is 10.3 Å². The Kier molecular flexibility index (Phi) is 3.11. The van der Waals surface area contributed by atoms with E-state index in [1.165, 1.54) is 18.3 Å². The Labute approximate surface area is 103 Å². The minimum Gasteiger partial charge on any atom is -0.342 e. The van der Waals surface area contributed by atoms with Gasteiger partial charge in [-0.15, -0.1) is 10.2 Å². The monoisotopic (exact) mass is 269 g/mol. The van der Waals surface area contributed by atoms with Crippen LogP contribution in [0.3, 0.4) is 0 Å². The van der Waals surface area contributed by atoms with Crippen LogP contribution in [0.25, 0.3) is 0 Å². The molecular weight excluding hydrogens is 258 g/mol. The van der Waals surface area contributed by atoms with Gasteiger partial charge in [0.2, 0.25) is 0 Å². The van der Waals surface area contributed by atoms with Crippen LogP contribution in [-0.4, -0.2) is 33.3 Å². The summed E-state index contributed by atoms with van der Waals surface area (Å²) in [6.45, 7) is 0. The molecule has 1 aromatic heterocycles. The fraction of sp³-hybridized carbons (Fsp3) is 0.222. The van der Waals surface area contributed by atoms with Crippen molar-refractivity contribution in [2.75, 3.05) is 5.32 Å². The van der Waals surface area contributed by atoms with Crippen LogP contribution in [0.15, 0.2) is 36.2 Å². The lowest BCUT2D eigenvalue weighted by molar-refractivity contribution is 0.445. The minimum absolute atomic E-state index is 0.0909. The van der Waals surface area contributed by atoms with E-state index in [9.17, 15) is 8.42 Å². The summed E-state index contributed by atoms with van der Waals surface area (Å²) >= 11 is 0. The number of aromatic nitrogens is 3. The summed E-state index contributed by atoms with van der Waals surface area (Å²) in [7, 11) is -4.39. The van der Waals surface area contributed by atoms with E-state index in [0.717, 1.165) is 0 Å². The average molecular weight is 269 g/mol. The predicted molar refractivity (Wildman–Crippen MR) is 63.8 cm³/mol. The van der Waals surface area contributed by atoms with Gasteiger partial charge >= 0.3 is 0 Å². The Morgan fingerprint density at radius 3 is 2.89 bits per heavy atom. The summed E-state index contributed by atoms with van der Waals surface area (Å²) in [6.07, 6.45) is 5.66. The van der Waals surface area contributed by atoms with Crippen LogP contribution in [0.5, 0.6) is 0 Å². The molecule has 8 nitrogen and oxygen atoms in total. The van der Waals surface area contributed by atoms with Crippen LogP contribution in [-0.2, 0) is 10.1 Å². The Hall–Kier alpha value is -1.84. The van der Waals surface area contributed by atoms with Gasteiger partial charge in [0, 0.05) is 18.2 Å². The van der Waals surface area contributed by atoms with Crippen LogP contribution < -0.4 is 11.1 Å². The molecule has 0 aliphatic heterocycles. The highest BCUT2D eigenvalue weighted by Gasteiger charge is 2.38. The first-order valence-electron chi connectivity index (χ1n) is 4.96. The average Bonchev–Trinajstić information content (AvgIpc) is 2.29. The number of hydrogen-bond donors (Lipinski definition) is 3. The summed E-state index contributed by atoms with van der Waals surface area (Å²) in [6, 6.07) is 1.57. The van der Waals surface area contributed by atoms with E-state index in [1.807, 2.05) is 0 Å². The van der Waals surface area contributed by atoms with Gasteiger partial charge in [-0.3, -0.25) is 4.55 Å². The molecule has 2 rings (SSSR count). The fourth-order valence-electron chi connectivity index (χ4n) is 1.48. The lowest BCUT2D eigenvalue weighted by atomic mass is 10.1. The van der Waals surface area contributed by atoms with Gasteiger partial charge in [0.25, 0.3) is 10.1 Å². The van der Waals surface area contributed by atoms with Crippen molar-refractivity contribution in [1.29, 1.82) is 0 Å². The summed E-state index contributed by atoms with van der Waals surface area (Å²) in [5, 5.41) is 13.5. The van der Waals surface area contributed by atoms with Gasteiger partial charge in [-0.1, -0.05) is 6.08 Å². The second-order valence-electron chi connectivity index (χ2n) is 3.79. The zero-order chi connectivity index (χ0) is 13.2. The summed E-state index contributed by atoms with van der Waals surface area (Å²) < 4.78 is 31.5. The molecule has 0 spiro atoms. The van der Waals surface area contributed by atoms with Crippen molar-refractivity contribution in [2.45, 2.75) is 11.3 Å².